The molecule has 180 valence electrons. The zero-order chi connectivity index (χ0) is 24.6. The summed E-state index contributed by atoms with van der Waals surface area (Å²) in [5.74, 6) is 6.76. The molecule has 0 radical (unpaired) electrons. The zero-order valence-electron chi connectivity index (χ0n) is 17.8. The van der Waals surface area contributed by atoms with Crippen LogP contribution in [-0.4, -0.2) is 42.9 Å². The van der Waals surface area contributed by atoms with Gasteiger partial charge in [0.15, 0.2) is 4.34 Å². The van der Waals surface area contributed by atoms with E-state index in [1.54, 1.807) is 30.0 Å². The molecular weight excluding hydrogens is 549 g/mol. The Labute approximate surface area is 222 Å². The second kappa shape index (κ2) is 12.2. The van der Waals surface area contributed by atoms with Crippen molar-refractivity contribution in [1.29, 1.82) is 0 Å². The average molecular weight is 567 g/mol. The number of halogens is 2. The van der Waals surface area contributed by atoms with Crippen LogP contribution in [0.1, 0.15) is 11.1 Å². The number of nitrogens with zero attached hydrogens (tertiary/aromatic N) is 6. The van der Waals surface area contributed by atoms with E-state index in [1.807, 2.05) is 30.3 Å². The normalized spacial score (nSPS) is 11.1. The topological polar surface area (TPSA) is 136 Å². The zero-order valence-corrected chi connectivity index (χ0v) is 21.7. The summed E-state index contributed by atoms with van der Waals surface area (Å²) in [6, 6.07) is 15.1. The minimum absolute atomic E-state index is 0.0606. The summed E-state index contributed by atoms with van der Waals surface area (Å²) in [5.41, 5.74) is 4.54. The lowest BCUT2D eigenvalue weighted by Gasteiger charge is -2.03. The van der Waals surface area contributed by atoms with Crippen LogP contribution in [0.5, 0.6) is 0 Å². The van der Waals surface area contributed by atoms with Gasteiger partial charge in [0.2, 0.25) is 16.2 Å². The highest BCUT2D eigenvalue weighted by Crippen LogP contribution is 2.28. The van der Waals surface area contributed by atoms with E-state index >= 15 is 0 Å². The minimum Gasteiger partial charge on any atom is -0.334 e. The Morgan fingerprint density at radius 2 is 1.94 bits per heavy atom. The number of nitrogens with two attached hydrogens (primary N) is 1. The van der Waals surface area contributed by atoms with Crippen LogP contribution in [-0.2, 0) is 10.5 Å². The molecular formula is C20H17Cl2N9OS3. The lowest BCUT2D eigenvalue weighted by Crippen LogP contribution is -2.16. The highest BCUT2D eigenvalue weighted by molar-refractivity contribution is 8.00. The van der Waals surface area contributed by atoms with Gasteiger partial charge in [0.25, 0.3) is 5.95 Å². The number of amides is 1. The van der Waals surface area contributed by atoms with Crippen LogP contribution in [0.3, 0.4) is 0 Å². The van der Waals surface area contributed by atoms with Crippen molar-refractivity contribution in [2.24, 2.45) is 5.10 Å². The van der Waals surface area contributed by atoms with E-state index in [-0.39, 0.29) is 17.6 Å². The van der Waals surface area contributed by atoms with Crippen molar-refractivity contribution in [2.75, 3.05) is 22.3 Å². The predicted octanol–water partition coefficient (Wildman–Crippen LogP) is 4.62. The van der Waals surface area contributed by atoms with Gasteiger partial charge in [-0.25, -0.2) is 10.1 Å². The summed E-state index contributed by atoms with van der Waals surface area (Å²) in [4.78, 5) is 12.3. The van der Waals surface area contributed by atoms with Crippen LogP contribution in [0.2, 0.25) is 10.0 Å². The van der Waals surface area contributed by atoms with Gasteiger partial charge < -0.3 is 5.84 Å². The highest BCUT2D eigenvalue weighted by atomic mass is 35.5. The van der Waals surface area contributed by atoms with Gasteiger partial charge >= 0.3 is 0 Å². The van der Waals surface area contributed by atoms with Crippen LogP contribution in [0, 0.1) is 0 Å². The second-order valence-electron chi connectivity index (χ2n) is 6.70. The highest BCUT2D eigenvalue weighted by Gasteiger charge is 2.14. The molecule has 0 aliphatic rings. The summed E-state index contributed by atoms with van der Waals surface area (Å²) in [6.07, 6.45) is 1.50. The van der Waals surface area contributed by atoms with Crippen molar-refractivity contribution in [2.45, 2.75) is 15.2 Å². The first-order chi connectivity index (χ1) is 17.0. The molecule has 2 aromatic carbocycles. The van der Waals surface area contributed by atoms with Crippen LogP contribution in [0.4, 0.5) is 11.1 Å². The average Bonchev–Trinajstić information content (AvgIpc) is 3.44. The first kappa shape index (κ1) is 25.3. The number of hydrogen-bond acceptors (Lipinski definition) is 11. The Kier molecular flexibility index (Phi) is 8.82. The fourth-order valence-corrected chi connectivity index (χ4v) is 5.38. The standard InChI is InChI=1S/C20H17Cl2N9OS3/c21-14-7-6-13(15(22)8-14)9-24-26-17-27-29-19(31(17)23)33-11-16(32)25-18-28-30-20(35-18)34-10-12-4-2-1-3-5-12/h1-9H,10-11,23H2,(H,26,27)(H,25,28,32)/b24-9+. The number of nitrogen functional groups attached to an aromatic ring is 1. The summed E-state index contributed by atoms with van der Waals surface area (Å²) >= 11 is 16.0. The molecule has 0 aliphatic heterocycles. The third kappa shape index (κ3) is 7.32. The summed E-state index contributed by atoms with van der Waals surface area (Å²) in [7, 11) is 0. The molecule has 0 saturated carbocycles. The Morgan fingerprint density at radius 1 is 1.11 bits per heavy atom. The van der Waals surface area contributed by atoms with E-state index in [2.05, 4.69) is 36.2 Å². The monoisotopic (exact) mass is 565 g/mol. The maximum atomic E-state index is 12.3. The number of hydrogen-bond donors (Lipinski definition) is 3. The third-order valence-corrected chi connectivity index (χ3v) is 7.73. The first-order valence-electron chi connectivity index (χ1n) is 9.85. The maximum Gasteiger partial charge on any atom is 0.264 e. The van der Waals surface area contributed by atoms with E-state index < -0.39 is 0 Å². The van der Waals surface area contributed by atoms with E-state index in [0.717, 1.165) is 21.9 Å². The molecule has 0 bridgehead atoms. The number of nitrogens with one attached hydrogen (secondary N) is 2. The van der Waals surface area contributed by atoms with Crippen molar-refractivity contribution in [3.05, 3.63) is 69.7 Å². The molecule has 0 spiro atoms. The van der Waals surface area contributed by atoms with Crippen LogP contribution in [0.25, 0.3) is 0 Å². The third-order valence-electron chi connectivity index (χ3n) is 4.19. The largest absolute Gasteiger partial charge is 0.334 e. The molecule has 0 fully saturated rings. The van der Waals surface area contributed by atoms with Gasteiger partial charge in [-0.3, -0.25) is 10.1 Å². The van der Waals surface area contributed by atoms with E-state index in [0.29, 0.717) is 25.9 Å². The van der Waals surface area contributed by atoms with Gasteiger partial charge in [-0.1, -0.05) is 94.5 Å². The van der Waals surface area contributed by atoms with Crippen molar-refractivity contribution in [3.8, 4) is 0 Å². The van der Waals surface area contributed by atoms with E-state index in [1.165, 1.54) is 27.8 Å². The molecule has 15 heteroatoms. The fraction of sp³-hybridized carbons (Fsp3) is 0.100. The summed E-state index contributed by atoms with van der Waals surface area (Å²) < 4.78 is 1.97. The molecule has 0 unspecified atom stereocenters. The Hall–Kier alpha value is -2.84. The number of aromatic nitrogens is 5. The number of carbonyl (C=O) groups is 1. The Balaban J connectivity index is 1.24. The van der Waals surface area contributed by atoms with Crippen molar-refractivity contribution in [3.63, 3.8) is 0 Å². The van der Waals surface area contributed by atoms with Crippen LogP contribution >= 0.6 is 58.1 Å². The predicted molar refractivity (Wildman–Crippen MR) is 143 cm³/mol. The number of thioether (sulfide) groups is 2. The molecule has 35 heavy (non-hydrogen) atoms. The molecule has 4 rings (SSSR count). The number of rotatable bonds is 10. The number of benzene rings is 2. The fourth-order valence-electron chi connectivity index (χ4n) is 2.54. The number of hydrazone groups is 1. The Morgan fingerprint density at radius 3 is 2.74 bits per heavy atom. The molecule has 2 aromatic heterocycles. The summed E-state index contributed by atoms with van der Waals surface area (Å²) in [5, 5.41) is 24.6. The minimum atomic E-state index is -0.265. The van der Waals surface area contributed by atoms with Gasteiger partial charge in [0, 0.05) is 16.3 Å². The number of anilines is 2. The SMILES string of the molecule is Nn1c(N/N=C/c2ccc(Cl)cc2Cl)nnc1SCC(=O)Nc1nnc(SCc2ccccc2)s1. The van der Waals surface area contributed by atoms with E-state index in [9.17, 15) is 4.79 Å². The molecule has 4 N–H and O–H groups in total. The van der Waals surface area contributed by atoms with Gasteiger partial charge in [-0.05, 0) is 17.7 Å². The van der Waals surface area contributed by atoms with Crippen LogP contribution < -0.4 is 16.6 Å². The van der Waals surface area contributed by atoms with Gasteiger partial charge in [0.05, 0.1) is 17.0 Å². The van der Waals surface area contributed by atoms with Gasteiger partial charge in [-0.2, -0.15) is 5.10 Å². The first-order valence-corrected chi connectivity index (χ1v) is 13.4. The second-order valence-corrected chi connectivity index (χ2v) is 10.7. The molecule has 10 nitrogen and oxygen atoms in total. The molecule has 2 heterocycles. The lowest BCUT2D eigenvalue weighted by molar-refractivity contribution is -0.113. The summed E-state index contributed by atoms with van der Waals surface area (Å²) in [6.45, 7) is 0. The van der Waals surface area contributed by atoms with Crippen LogP contribution in [0.15, 0.2) is 63.1 Å². The maximum absolute atomic E-state index is 12.3. The molecule has 0 atom stereocenters. The van der Waals surface area contributed by atoms with Crippen molar-refractivity contribution < 1.29 is 4.79 Å². The van der Waals surface area contributed by atoms with Gasteiger partial charge in [-0.15, -0.1) is 20.4 Å². The quantitative estimate of drug-likeness (QED) is 0.0826. The molecule has 0 saturated heterocycles. The van der Waals surface area contributed by atoms with Gasteiger partial charge in [0.1, 0.15) is 0 Å². The Bertz CT molecular complexity index is 1330. The molecule has 0 aliphatic carbocycles. The lowest BCUT2D eigenvalue weighted by atomic mass is 10.2. The molecule has 4 aromatic rings. The molecule has 1 amide bonds. The van der Waals surface area contributed by atoms with E-state index in [4.69, 9.17) is 29.0 Å². The van der Waals surface area contributed by atoms with Crippen molar-refractivity contribution >= 4 is 81.3 Å². The smallest absolute Gasteiger partial charge is 0.264 e. The number of carbonyl (C=O) groups excluding carboxylic acids is 1. The van der Waals surface area contributed by atoms with Crippen molar-refractivity contribution in [1.82, 2.24) is 25.1 Å².